The van der Waals surface area contributed by atoms with Gasteiger partial charge in [0.25, 0.3) is 0 Å². The summed E-state index contributed by atoms with van der Waals surface area (Å²) in [5, 5.41) is 18.7. The minimum Gasteiger partial charge on any atom is -0.395 e. The van der Waals surface area contributed by atoms with Crippen LogP contribution in [0, 0.1) is 11.3 Å². The average molecular weight is 320 g/mol. The maximum Gasteiger partial charge on any atom is 0.416 e. The Hall–Kier alpha value is -2.52. The van der Waals surface area contributed by atoms with Crippen molar-refractivity contribution in [2.45, 2.75) is 12.2 Å². The van der Waals surface area contributed by atoms with Crippen LogP contribution in [0.2, 0.25) is 0 Å². The molecule has 0 amide bonds. The number of hydrogen-bond acceptors (Lipinski definition) is 3. The molecule has 0 saturated heterocycles. The number of para-hydroxylation sites is 1. The molecule has 0 aliphatic rings. The summed E-state index contributed by atoms with van der Waals surface area (Å²) < 4.78 is 37.9. The number of aliphatic hydroxyl groups is 1. The molecule has 0 saturated carbocycles. The highest BCUT2D eigenvalue weighted by atomic mass is 19.4. The van der Waals surface area contributed by atoms with Crippen molar-refractivity contribution in [2.75, 3.05) is 18.1 Å². The van der Waals surface area contributed by atoms with Gasteiger partial charge in [-0.1, -0.05) is 30.3 Å². The topological polar surface area (TPSA) is 47.3 Å². The molecule has 23 heavy (non-hydrogen) atoms. The molecule has 2 aromatic carbocycles. The second-order valence-corrected chi connectivity index (χ2v) is 4.90. The third-order valence-corrected chi connectivity index (χ3v) is 3.42. The Bertz CT molecular complexity index is 663. The molecule has 120 valence electrons. The third kappa shape index (κ3) is 4.02. The molecule has 1 N–H and O–H groups in total. The van der Waals surface area contributed by atoms with Crippen LogP contribution in [0.1, 0.15) is 17.2 Å². The summed E-state index contributed by atoms with van der Waals surface area (Å²) in [4.78, 5) is 1.66. The fourth-order valence-electron chi connectivity index (χ4n) is 2.31. The molecular weight excluding hydrogens is 305 g/mol. The summed E-state index contributed by atoms with van der Waals surface area (Å²) in [5.74, 6) is 0. The summed E-state index contributed by atoms with van der Waals surface area (Å²) in [6.45, 7) is 0.0248. The summed E-state index contributed by atoms with van der Waals surface area (Å²) in [6.07, 6.45) is -4.41. The van der Waals surface area contributed by atoms with E-state index in [9.17, 15) is 23.5 Å². The van der Waals surface area contributed by atoms with E-state index in [0.29, 0.717) is 11.3 Å². The van der Waals surface area contributed by atoms with Crippen molar-refractivity contribution in [1.29, 1.82) is 5.26 Å². The first kappa shape index (κ1) is 16.8. The van der Waals surface area contributed by atoms with Crippen LogP contribution in [-0.4, -0.2) is 18.3 Å². The zero-order chi connectivity index (χ0) is 16.9. The average Bonchev–Trinajstić information content (AvgIpc) is 2.55. The number of anilines is 1. The minimum absolute atomic E-state index is 0.173. The lowest BCUT2D eigenvalue weighted by molar-refractivity contribution is -0.137. The van der Waals surface area contributed by atoms with Crippen LogP contribution in [0.5, 0.6) is 0 Å². The van der Waals surface area contributed by atoms with Crippen molar-refractivity contribution in [3.8, 4) is 6.07 Å². The van der Waals surface area contributed by atoms with Gasteiger partial charge in [0.15, 0.2) is 0 Å². The van der Waals surface area contributed by atoms with Crippen LogP contribution in [0.15, 0.2) is 54.6 Å². The molecule has 0 bridgehead atoms. The first-order valence-corrected chi connectivity index (χ1v) is 6.96. The SMILES string of the molecule is N#CC(c1ccc(C(F)(F)F)cc1)N(CCO)c1ccccc1. The van der Waals surface area contributed by atoms with E-state index >= 15 is 0 Å². The van der Waals surface area contributed by atoms with Gasteiger partial charge in [-0.2, -0.15) is 18.4 Å². The van der Waals surface area contributed by atoms with Crippen molar-refractivity contribution < 1.29 is 18.3 Å². The van der Waals surface area contributed by atoms with Gasteiger partial charge in [0.2, 0.25) is 0 Å². The van der Waals surface area contributed by atoms with Crippen LogP contribution in [-0.2, 0) is 6.18 Å². The van der Waals surface area contributed by atoms with Crippen LogP contribution in [0.3, 0.4) is 0 Å². The molecule has 1 unspecified atom stereocenters. The molecule has 0 radical (unpaired) electrons. The van der Waals surface area contributed by atoms with E-state index in [1.54, 1.807) is 29.2 Å². The Morgan fingerprint density at radius 2 is 1.65 bits per heavy atom. The Balaban J connectivity index is 2.35. The quantitative estimate of drug-likeness (QED) is 0.912. The highest BCUT2D eigenvalue weighted by molar-refractivity contribution is 5.51. The number of benzene rings is 2. The second-order valence-electron chi connectivity index (χ2n) is 4.90. The molecule has 6 heteroatoms. The molecule has 0 fully saturated rings. The fraction of sp³-hybridized carbons (Fsp3) is 0.235. The van der Waals surface area contributed by atoms with Gasteiger partial charge in [-0.05, 0) is 29.8 Å². The molecule has 0 aliphatic heterocycles. The molecule has 0 heterocycles. The molecule has 1 atom stereocenters. The zero-order valence-corrected chi connectivity index (χ0v) is 12.2. The molecule has 0 spiro atoms. The first-order chi connectivity index (χ1) is 11.0. The van der Waals surface area contributed by atoms with Crippen molar-refractivity contribution in [3.63, 3.8) is 0 Å². The molecule has 2 rings (SSSR count). The lowest BCUT2D eigenvalue weighted by atomic mass is 10.0. The van der Waals surface area contributed by atoms with Gasteiger partial charge in [0.05, 0.1) is 18.2 Å². The van der Waals surface area contributed by atoms with Gasteiger partial charge in [-0.3, -0.25) is 0 Å². The highest BCUT2D eigenvalue weighted by Gasteiger charge is 2.30. The van der Waals surface area contributed by atoms with E-state index < -0.39 is 17.8 Å². The lowest BCUT2D eigenvalue weighted by Gasteiger charge is -2.29. The van der Waals surface area contributed by atoms with E-state index in [1.165, 1.54) is 12.1 Å². The second kappa shape index (κ2) is 7.16. The summed E-state index contributed by atoms with van der Waals surface area (Å²) >= 11 is 0. The van der Waals surface area contributed by atoms with Crippen LogP contribution < -0.4 is 4.90 Å². The Morgan fingerprint density at radius 3 is 2.13 bits per heavy atom. The van der Waals surface area contributed by atoms with Gasteiger partial charge < -0.3 is 10.0 Å². The minimum atomic E-state index is -4.41. The Kier molecular flexibility index (Phi) is 5.24. The Morgan fingerprint density at radius 1 is 1.04 bits per heavy atom. The first-order valence-electron chi connectivity index (χ1n) is 6.96. The normalized spacial score (nSPS) is 12.5. The van der Waals surface area contributed by atoms with Crippen LogP contribution in [0.25, 0.3) is 0 Å². The number of aliphatic hydroxyl groups excluding tert-OH is 1. The van der Waals surface area contributed by atoms with Crippen LogP contribution in [0.4, 0.5) is 18.9 Å². The number of nitrogens with zero attached hydrogens (tertiary/aromatic N) is 2. The van der Waals surface area contributed by atoms with Gasteiger partial charge in [0, 0.05) is 12.2 Å². The number of hydrogen-bond donors (Lipinski definition) is 1. The largest absolute Gasteiger partial charge is 0.416 e. The van der Waals surface area contributed by atoms with Gasteiger partial charge in [0.1, 0.15) is 6.04 Å². The number of alkyl halides is 3. The van der Waals surface area contributed by atoms with E-state index in [4.69, 9.17) is 0 Å². The summed E-state index contributed by atoms with van der Waals surface area (Å²) in [7, 11) is 0. The summed E-state index contributed by atoms with van der Waals surface area (Å²) in [5.41, 5.74) is 0.400. The van der Waals surface area contributed by atoms with Crippen molar-refractivity contribution in [1.82, 2.24) is 0 Å². The van der Waals surface area contributed by atoms with E-state index in [2.05, 4.69) is 6.07 Å². The lowest BCUT2D eigenvalue weighted by Crippen LogP contribution is -2.30. The van der Waals surface area contributed by atoms with Crippen LogP contribution >= 0.6 is 0 Å². The number of halogens is 3. The maximum atomic E-state index is 12.6. The number of nitriles is 1. The monoisotopic (exact) mass is 320 g/mol. The maximum absolute atomic E-state index is 12.6. The van der Waals surface area contributed by atoms with Gasteiger partial charge in [-0.15, -0.1) is 0 Å². The molecule has 3 nitrogen and oxygen atoms in total. The third-order valence-electron chi connectivity index (χ3n) is 3.42. The van der Waals surface area contributed by atoms with E-state index in [0.717, 1.165) is 12.1 Å². The molecular formula is C17H15F3N2O. The van der Waals surface area contributed by atoms with E-state index in [-0.39, 0.29) is 13.2 Å². The zero-order valence-electron chi connectivity index (χ0n) is 12.2. The number of rotatable bonds is 5. The van der Waals surface area contributed by atoms with Gasteiger partial charge >= 0.3 is 6.18 Å². The fourth-order valence-corrected chi connectivity index (χ4v) is 2.31. The molecule has 2 aromatic rings. The predicted octanol–water partition coefficient (Wildman–Crippen LogP) is 3.77. The van der Waals surface area contributed by atoms with Crippen molar-refractivity contribution in [2.24, 2.45) is 0 Å². The molecule has 0 aliphatic carbocycles. The van der Waals surface area contributed by atoms with Gasteiger partial charge in [-0.25, -0.2) is 0 Å². The van der Waals surface area contributed by atoms with E-state index in [1.807, 2.05) is 6.07 Å². The highest BCUT2D eigenvalue weighted by Crippen LogP contribution is 2.32. The summed E-state index contributed by atoms with van der Waals surface area (Å²) in [6, 6.07) is 14.8. The Labute approximate surface area is 132 Å². The van der Waals surface area contributed by atoms with Crippen molar-refractivity contribution in [3.05, 3.63) is 65.7 Å². The van der Waals surface area contributed by atoms with Crippen molar-refractivity contribution >= 4 is 5.69 Å². The standard InChI is InChI=1S/C17H15F3N2O/c18-17(19,20)14-8-6-13(7-9-14)16(12-21)22(10-11-23)15-4-2-1-3-5-15/h1-9,16,23H,10-11H2. The molecule has 0 aromatic heterocycles. The smallest absolute Gasteiger partial charge is 0.395 e. The predicted molar refractivity (Wildman–Crippen MR) is 80.7 cm³/mol.